The van der Waals surface area contributed by atoms with E-state index in [0.717, 1.165) is 18.3 Å². The number of aromatic nitrogens is 5. The number of hydrogen-bond donors (Lipinski definition) is 1. The predicted molar refractivity (Wildman–Crippen MR) is 80.3 cm³/mol. The van der Waals surface area contributed by atoms with Gasteiger partial charge in [0.2, 0.25) is 0 Å². The lowest BCUT2D eigenvalue weighted by Crippen LogP contribution is -2.27. The third-order valence-electron chi connectivity index (χ3n) is 3.31. The molecule has 3 rings (SSSR count). The van der Waals surface area contributed by atoms with Gasteiger partial charge in [0.25, 0.3) is 5.91 Å². The van der Waals surface area contributed by atoms with Crippen LogP contribution in [0.1, 0.15) is 17.3 Å². The number of anilines is 1. The highest BCUT2D eigenvalue weighted by atomic mass is 19.4. The highest BCUT2D eigenvalue weighted by molar-refractivity contribution is 5.95. The third kappa shape index (κ3) is 3.79. The van der Waals surface area contributed by atoms with Crippen molar-refractivity contribution in [2.75, 3.05) is 5.32 Å². The van der Waals surface area contributed by atoms with Crippen LogP contribution in [0.4, 0.5) is 18.9 Å². The first-order valence-corrected chi connectivity index (χ1v) is 7.06. The number of carbonyl (C=O) groups is 1. The summed E-state index contributed by atoms with van der Waals surface area (Å²) >= 11 is 0. The molecule has 0 unspecified atom stereocenters. The van der Waals surface area contributed by atoms with Gasteiger partial charge in [0.05, 0.1) is 11.9 Å². The van der Waals surface area contributed by atoms with Crippen molar-refractivity contribution >= 4 is 11.6 Å². The van der Waals surface area contributed by atoms with Gasteiger partial charge in [-0.25, -0.2) is 9.67 Å². The van der Waals surface area contributed by atoms with E-state index in [0.29, 0.717) is 5.56 Å². The summed E-state index contributed by atoms with van der Waals surface area (Å²) in [6.07, 6.45) is -2.31. The molecule has 0 aliphatic heterocycles. The van der Waals surface area contributed by atoms with Crippen LogP contribution < -0.4 is 5.32 Å². The first-order valence-electron chi connectivity index (χ1n) is 7.06. The average Bonchev–Trinajstić information content (AvgIpc) is 3.10. The van der Waals surface area contributed by atoms with E-state index in [-0.39, 0.29) is 5.69 Å². The molecule has 0 aliphatic carbocycles. The SMILES string of the molecule is O=C(Nc1ccc(C(F)(F)F)nc1)[C@@H](c1ccccc1)n1cnnn1. The summed E-state index contributed by atoms with van der Waals surface area (Å²) in [5.41, 5.74) is -0.287. The minimum absolute atomic E-state index is 0.131. The lowest BCUT2D eigenvalue weighted by atomic mass is 10.1. The van der Waals surface area contributed by atoms with Crippen LogP contribution in [0.2, 0.25) is 0 Å². The molecule has 0 bridgehead atoms. The zero-order chi connectivity index (χ0) is 17.9. The predicted octanol–water partition coefficient (Wildman–Crippen LogP) is 2.31. The molecule has 1 atom stereocenters. The molecule has 10 heteroatoms. The van der Waals surface area contributed by atoms with Gasteiger partial charge in [-0.1, -0.05) is 30.3 Å². The molecule has 0 radical (unpaired) electrons. The summed E-state index contributed by atoms with van der Waals surface area (Å²) in [6, 6.07) is 9.78. The fourth-order valence-electron chi connectivity index (χ4n) is 2.19. The summed E-state index contributed by atoms with van der Waals surface area (Å²) < 4.78 is 38.9. The van der Waals surface area contributed by atoms with Gasteiger partial charge < -0.3 is 5.32 Å². The maximum Gasteiger partial charge on any atom is 0.433 e. The van der Waals surface area contributed by atoms with E-state index >= 15 is 0 Å². The largest absolute Gasteiger partial charge is 0.433 e. The van der Waals surface area contributed by atoms with Crippen molar-refractivity contribution in [3.63, 3.8) is 0 Å². The molecular weight excluding hydrogens is 337 g/mol. The number of nitrogens with one attached hydrogen (secondary N) is 1. The molecule has 1 amide bonds. The van der Waals surface area contributed by atoms with Gasteiger partial charge in [0, 0.05) is 0 Å². The van der Waals surface area contributed by atoms with Crippen LogP contribution in [0.3, 0.4) is 0 Å². The van der Waals surface area contributed by atoms with Crippen LogP contribution >= 0.6 is 0 Å². The third-order valence-corrected chi connectivity index (χ3v) is 3.31. The van der Waals surface area contributed by atoms with Crippen molar-refractivity contribution in [2.24, 2.45) is 0 Å². The van der Waals surface area contributed by atoms with Gasteiger partial charge in [-0.2, -0.15) is 13.2 Å². The van der Waals surface area contributed by atoms with E-state index in [1.54, 1.807) is 30.3 Å². The quantitative estimate of drug-likeness (QED) is 0.782. The van der Waals surface area contributed by atoms with Crippen LogP contribution in [-0.2, 0) is 11.0 Å². The maximum absolute atomic E-state index is 12.6. The molecule has 3 aromatic rings. The molecule has 128 valence electrons. The molecule has 0 saturated carbocycles. The van der Waals surface area contributed by atoms with Gasteiger partial charge >= 0.3 is 6.18 Å². The summed E-state index contributed by atoms with van der Waals surface area (Å²) in [6.45, 7) is 0. The second-order valence-corrected chi connectivity index (χ2v) is 5.02. The van der Waals surface area contributed by atoms with Crippen LogP contribution in [0.5, 0.6) is 0 Å². The minimum atomic E-state index is -4.54. The standard InChI is InChI=1S/C15H11F3N6O/c16-15(17,18)12-7-6-11(8-19-12)21-14(25)13(24-9-20-22-23-24)10-4-2-1-3-5-10/h1-9,13H,(H,21,25)/t13-/m1/s1. The summed E-state index contributed by atoms with van der Waals surface area (Å²) in [5.74, 6) is -0.514. The smallest absolute Gasteiger partial charge is 0.323 e. The molecule has 0 aliphatic rings. The fraction of sp³-hybridized carbons (Fsp3) is 0.133. The van der Waals surface area contributed by atoms with Crippen molar-refractivity contribution in [3.8, 4) is 0 Å². The second-order valence-electron chi connectivity index (χ2n) is 5.02. The van der Waals surface area contributed by atoms with Gasteiger partial charge in [0.1, 0.15) is 12.0 Å². The minimum Gasteiger partial charge on any atom is -0.323 e. The Morgan fingerprint density at radius 2 is 1.88 bits per heavy atom. The number of tetrazole rings is 1. The normalized spacial score (nSPS) is 12.6. The molecule has 0 spiro atoms. The number of hydrogen-bond acceptors (Lipinski definition) is 5. The topological polar surface area (TPSA) is 85.6 Å². The molecule has 2 aromatic heterocycles. The Labute approximate surface area is 139 Å². The van der Waals surface area contributed by atoms with Gasteiger partial charge in [-0.05, 0) is 28.1 Å². The van der Waals surface area contributed by atoms with E-state index in [4.69, 9.17) is 0 Å². The Bertz CT molecular complexity index is 834. The summed E-state index contributed by atoms with van der Waals surface area (Å²) in [4.78, 5) is 15.9. The molecule has 0 fully saturated rings. The number of rotatable bonds is 4. The molecule has 2 heterocycles. The molecule has 0 saturated heterocycles. The highest BCUT2D eigenvalue weighted by Crippen LogP contribution is 2.28. The number of alkyl halides is 3. The fourth-order valence-corrected chi connectivity index (χ4v) is 2.19. The molecule has 1 N–H and O–H groups in total. The lowest BCUT2D eigenvalue weighted by molar-refractivity contribution is -0.141. The van der Waals surface area contributed by atoms with Crippen molar-refractivity contribution in [2.45, 2.75) is 12.2 Å². The van der Waals surface area contributed by atoms with E-state index < -0.39 is 23.8 Å². The average molecular weight is 348 g/mol. The van der Waals surface area contributed by atoms with Crippen LogP contribution in [0.25, 0.3) is 0 Å². The summed E-state index contributed by atoms with van der Waals surface area (Å²) in [7, 11) is 0. The van der Waals surface area contributed by atoms with Crippen LogP contribution in [0, 0.1) is 0 Å². The number of nitrogens with zero attached hydrogens (tertiary/aromatic N) is 5. The Morgan fingerprint density at radius 1 is 1.12 bits per heavy atom. The van der Waals surface area contributed by atoms with Gasteiger partial charge in [-0.3, -0.25) is 4.79 Å². The first-order chi connectivity index (χ1) is 11.9. The van der Waals surface area contributed by atoms with E-state index in [9.17, 15) is 18.0 Å². The first kappa shape index (κ1) is 16.6. The molecule has 25 heavy (non-hydrogen) atoms. The Hall–Kier alpha value is -3.30. The number of amides is 1. The van der Waals surface area contributed by atoms with E-state index in [2.05, 4.69) is 25.8 Å². The van der Waals surface area contributed by atoms with Crippen molar-refractivity contribution in [3.05, 3.63) is 66.2 Å². The zero-order valence-corrected chi connectivity index (χ0v) is 12.6. The van der Waals surface area contributed by atoms with E-state index in [1.165, 1.54) is 11.0 Å². The monoisotopic (exact) mass is 348 g/mol. The maximum atomic E-state index is 12.6. The van der Waals surface area contributed by atoms with Gasteiger partial charge in [-0.15, -0.1) is 5.10 Å². The van der Waals surface area contributed by atoms with Crippen LogP contribution in [-0.4, -0.2) is 31.1 Å². The second kappa shape index (κ2) is 6.67. The van der Waals surface area contributed by atoms with Crippen molar-refractivity contribution < 1.29 is 18.0 Å². The zero-order valence-electron chi connectivity index (χ0n) is 12.6. The number of carbonyl (C=O) groups excluding carboxylic acids is 1. The van der Waals surface area contributed by atoms with Gasteiger partial charge in [0.15, 0.2) is 6.04 Å². The van der Waals surface area contributed by atoms with Crippen LogP contribution in [0.15, 0.2) is 55.0 Å². The Morgan fingerprint density at radius 3 is 2.44 bits per heavy atom. The lowest BCUT2D eigenvalue weighted by Gasteiger charge is -2.16. The molecular formula is C15H11F3N6O. The Balaban J connectivity index is 1.84. The van der Waals surface area contributed by atoms with Crippen molar-refractivity contribution in [1.82, 2.24) is 25.2 Å². The number of halogens is 3. The van der Waals surface area contributed by atoms with Crippen molar-refractivity contribution in [1.29, 1.82) is 0 Å². The molecule has 7 nitrogen and oxygen atoms in total. The highest BCUT2D eigenvalue weighted by Gasteiger charge is 2.32. The Kier molecular flexibility index (Phi) is 4.42. The molecule has 1 aromatic carbocycles. The number of pyridine rings is 1. The van der Waals surface area contributed by atoms with E-state index in [1.807, 2.05) is 0 Å². The number of benzene rings is 1. The summed E-state index contributed by atoms with van der Waals surface area (Å²) in [5, 5.41) is 13.3.